The highest BCUT2D eigenvalue weighted by Gasteiger charge is 2.18. The van der Waals surface area contributed by atoms with E-state index in [1.54, 1.807) is 6.92 Å². The fourth-order valence-electron chi connectivity index (χ4n) is 1.96. The van der Waals surface area contributed by atoms with Crippen LogP contribution < -0.4 is 0 Å². The van der Waals surface area contributed by atoms with Gasteiger partial charge in [-0.05, 0) is 51.7 Å². The van der Waals surface area contributed by atoms with Crippen LogP contribution in [0.5, 0.6) is 0 Å². The van der Waals surface area contributed by atoms with Gasteiger partial charge in [-0.1, -0.05) is 6.92 Å². The van der Waals surface area contributed by atoms with Crippen LogP contribution in [-0.2, 0) is 4.79 Å². The van der Waals surface area contributed by atoms with Crippen LogP contribution in [0, 0.1) is 11.8 Å². The van der Waals surface area contributed by atoms with Crippen LogP contribution in [0.4, 0.5) is 0 Å². The summed E-state index contributed by atoms with van der Waals surface area (Å²) >= 11 is 0. The van der Waals surface area contributed by atoms with Gasteiger partial charge >= 0.3 is 5.97 Å². The first-order valence-corrected chi connectivity index (χ1v) is 5.51. The van der Waals surface area contributed by atoms with Crippen LogP contribution in [0.25, 0.3) is 0 Å². The van der Waals surface area contributed by atoms with Gasteiger partial charge in [-0.2, -0.15) is 0 Å². The fraction of sp³-hybridized carbons (Fsp3) is 0.909. The highest BCUT2D eigenvalue weighted by atomic mass is 16.4. The number of rotatable bonds is 4. The monoisotopic (exact) mass is 199 g/mol. The van der Waals surface area contributed by atoms with Crippen molar-refractivity contribution in [3.8, 4) is 0 Å². The molecule has 1 atom stereocenters. The number of aliphatic carboxylic acids is 1. The third-order valence-corrected chi connectivity index (χ3v) is 3.27. The van der Waals surface area contributed by atoms with E-state index in [0.29, 0.717) is 0 Å². The van der Waals surface area contributed by atoms with Gasteiger partial charge < -0.3 is 10.0 Å². The van der Waals surface area contributed by atoms with Crippen LogP contribution in [0.2, 0.25) is 0 Å². The van der Waals surface area contributed by atoms with Crippen molar-refractivity contribution in [2.75, 3.05) is 20.1 Å². The number of likely N-dealkylation sites (tertiary alicyclic amines) is 1. The number of hydrogen-bond acceptors (Lipinski definition) is 2. The first-order valence-electron chi connectivity index (χ1n) is 5.51. The van der Waals surface area contributed by atoms with E-state index in [1.807, 2.05) is 0 Å². The predicted molar refractivity (Wildman–Crippen MR) is 56.3 cm³/mol. The maximum Gasteiger partial charge on any atom is 0.306 e. The fourth-order valence-corrected chi connectivity index (χ4v) is 1.96. The molecule has 1 rings (SSSR count). The van der Waals surface area contributed by atoms with E-state index in [0.717, 1.165) is 18.8 Å². The molecule has 0 radical (unpaired) electrons. The molecule has 14 heavy (non-hydrogen) atoms. The molecule has 0 spiro atoms. The maximum atomic E-state index is 10.6. The van der Waals surface area contributed by atoms with E-state index in [2.05, 4.69) is 11.9 Å². The van der Waals surface area contributed by atoms with Gasteiger partial charge in [0.05, 0.1) is 5.92 Å². The van der Waals surface area contributed by atoms with E-state index in [1.165, 1.54) is 25.9 Å². The minimum absolute atomic E-state index is 0.172. The number of carboxylic acids is 1. The van der Waals surface area contributed by atoms with Crippen molar-refractivity contribution in [2.24, 2.45) is 11.8 Å². The zero-order valence-corrected chi connectivity index (χ0v) is 9.20. The highest BCUT2D eigenvalue weighted by molar-refractivity contribution is 5.69. The van der Waals surface area contributed by atoms with E-state index in [9.17, 15) is 4.79 Å². The van der Waals surface area contributed by atoms with Crippen molar-refractivity contribution in [1.82, 2.24) is 4.90 Å². The smallest absolute Gasteiger partial charge is 0.306 e. The average molecular weight is 199 g/mol. The van der Waals surface area contributed by atoms with E-state index in [4.69, 9.17) is 5.11 Å². The van der Waals surface area contributed by atoms with Gasteiger partial charge in [0.15, 0.2) is 0 Å². The Balaban J connectivity index is 2.16. The topological polar surface area (TPSA) is 40.5 Å². The third-order valence-electron chi connectivity index (χ3n) is 3.27. The van der Waals surface area contributed by atoms with Crippen molar-refractivity contribution in [2.45, 2.75) is 32.6 Å². The molecule has 1 aliphatic heterocycles. The normalized spacial score (nSPS) is 22.1. The lowest BCUT2D eigenvalue weighted by Crippen LogP contribution is -2.30. The third kappa shape index (κ3) is 3.66. The summed E-state index contributed by atoms with van der Waals surface area (Å²) in [7, 11) is 2.15. The molecule has 1 N–H and O–H groups in total. The number of nitrogens with zero attached hydrogens (tertiary/aromatic N) is 1. The molecule has 82 valence electrons. The van der Waals surface area contributed by atoms with Crippen LogP contribution >= 0.6 is 0 Å². The predicted octanol–water partition coefficient (Wildman–Crippen LogP) is 1.83. The lowest BCUT2D eigenvalue weighted by Gasteiger charge is -2.29. The van der Waals surface area contributed by atoms with Gasteiger partial charge in [0.25, 0.3) is 0 Å². The largest absolute Gasteiger partial charge is 0.481 e. The summed E-state index contributed by atoms with van der Waals surface area (Å²) in [5.41, 5.74) is 0. The van der Waals surface area contributed by atoms with Crippen LogP contribution in [0.1, 0.15) is 32.6 Å². The van der Waals surface area contributed by atoms with Crippen LogP contribution in [-0.4, -0.2) is 36.1 Å². The number of carboxylic acid groups (broad SMARTS) is 1. The molecule has 0 bridgehead atoms. The molecule has 1 unspecified atom stereocenters. The molecule has 1 aliphatic rings. The minimum Gasteiger partial charge on any atom is -0.481 e. The Morgan fingerprint density at radius 2 is 2.07 bits per heavy atom. The summed E-state index contributed by atoms with van der Waals surface area (Å²) in [6.45, 7) is 4.15. The number of piperidine rings is 1. The molecule has 0 aromatic rings. The molecule has 1 saturated heterocycles. The molecule has 0 aromatic carbocycles. The highest BCUT2D eigenvalue weighted by Crippen LogP contribution is 2.23. The van der Waals surface area contributed by atoms with Crippen LogP contribution in [0.15, 0.2) is 0 Å². The van der Waals surface area contributed by atoms with Crippen LogP contribution in [0.3, 0.4) is 0 Å². The lowest BCUT2D eigenvalue weighted by molar-refractivity contribution is -0.141. The van der Waals surface area contributed by atoms with Crippen molar-refractivity contribution in [3.63, 3.8) is 0 Å². The lowest BCUT2D eigenvalue weighted by atomic mass is 9.89. The molecule has 0 amide bonds. The Kier molecular flexibility index (Phi) is 4.39. The minimum atomic E-state index is -0.655. The maximum absolute atomic E-state index is 10.6. The molecule has 1 heterocycles. The van der Waals surface area contributed by atoms with Gasteiger partial charge in [0.1, 0.15) is 0 Å². The van der Waals surface area contributed by atoms with E-state index < -0.39 is 5.97 Å². The summed E-state index contributed by atoms with van der Waals surface area (Å²) in [6.07, 6.45) is 4.40. The zero-order valence-electron chi connectivity index (χ0n) is 9.20. The van der Waals surface area contributed by atoms with Gasteiger partial charge in [0.2, 0.25) is 0 Å². The second-order valence-electron chi connectivity index (χ2n) is 4.56. The second kappa shape index (κ2) is 5.35. The zero-order chi connectivity index (χ0) is 10.6. The molecular weight excluding hydrogens is 178 g/mol. The van der Waals surface area contributed by atoms with E-state index in [-0.39, 0.29) is 5.92 Å². The first-order chi connectivity index (χ1) is 6.59. The van der Waals surface area contributed by atoms with Gasteiger partial charge in [-0.25, -0.2) is 0 Å². The standard InChI is InChI=1S/C11H21NO2/c1-9(11(13)14)3-4-10-5-7-12(2)8-6-10/h9-10H,3-8H2,1-2H3,(H,13,14). The summed E-state index contributed by atoms with van der Waals surface area (Å²) in [5.74, 6) is -0.0689. The summed E-state index contributed by atoms with van der Waals surface area (Å²) < 4.78 is 0. The van der Waals surface area contributed by atoms with Crippen molar-refractivity contribution >= 4 is 5.97 Å². The van der Waals surface area contributed by atoms with Crippen molar-refractivity contribution < 1.29 is 9.90 Å². The summed E-state index contributed by atoms with van der Waals surface area (Å²) in [6, 6.07) is 0. The summed E-state index contributed by atoms with van der Waals surface area (Å²) in [5, 5.41) is 8.75. The SMILES string of the molecule is CC(CCC1CCN(C)CC1)C(=O)O. The Bertz CT molecular complexity index is 186. The summed E-state index contributed by atoms with van der Waals surface area (Å²) in [4.78, 5) is 13.0. The molecular formula is C11H21NO2. The Labute approximate surface area is 86.1 Å². The molecule has 3 nitrogen and oxygen atoms in total. The Morgan fingerprint density at radius 1 is 1.50 bits per heavy atom. The van der Waals surface area contributed by atoms with E-state index >= 15 is 0 Å². The second-order valence-corrected chi connectivity index (χ2v) is 4.56. The molecule has 1 fully saturated rings. The molecule has 3 heteroatoms. The van der Waals surface area contributed by atoms with Crippen molar-refractivity contribution in [3.05, 3.63) is 0 Å². The van der Waals surface area contributed by atoms with Crippen molar-refractivity contribution in [1.29, 1.82) is 0 Å². The molecule has 0 aliphatic carbocycles. The number of carbonyl (C=O) groups is 1. The van der Waals surface area contributed by atoms with Gasteiger partial charge in [-0.3, -0.25) is 4.79 Å². The quantitative estimate of drug-likeness (QED) is 0.751. The molecule has 0 aromatic heterocycles. The average Bonchev–Trinajstić information content (AvgIpc) is 2.16. The molecule has 0 saturated carbocycles. The number of hydrogen-bond donors (Lipinski definition) is 1. The first kappa shape index (κ1) is 11.5. The Morgan fingerprint density at radius 3 is 2.57 bits per heavy atom. The van der Waals surface area contributed by atoms with Gasteiger partial charge in [0, 0.05) is 0 Å². The Hall–Kier alpha value is -0.570. The van der Waals surface area contributed by atoms with Gasteiger partial charge in [-0.15, -0.1) is 0 Å².